The Kier molecular flexibility index (Phi) is 5.95. The highest BCUT2D eigenvalue weighted by atomic mass is 16.7. The van der Waals surface area contributed by atoms with Crippen LogP contribution < -0.4 is 10.2 Å². The van der Waals surface area contributed by atoms with E-state index in [4.69, 9.17) is 13.9 Å². The van der Waals surface area contributed by atoms with E-state index in [0.29, 0.717) is 5.56 Å². The number of carbonyl (C=O) groups is 1. The maximum Gasteiger partial charge on any atom is 0.337 e. The van der Waals surface area contributed by atoms with Gasteiger partial charge in [0.25, 0.3) is 0 Å². The van der Waals surface area contributed by atoms with Gasteiger partial charge in [0.2, 0.25) is 6.29 Å². The van der Waals surface area contributed by atoms with Crippen molar-refractivity contribution in [2.24, 2.45) is 0 Å². The van der Waals surface area contributed by atoms with Crippen molar-refractivity contribution < 1.29 is 49.0 Å². The molecule has 1 saturated heterocycles. The zero-order valence-corrected chi connectivity index (χ0v) is 17.1. The quantitative estimate of drug-likeness (QED) is 0.337. The molecule has 2 heterocycles. The molecule has 5 N–H and O–H groups in total. The van der Waals surface area contributed by atoms with Crippen LogP contribution in [0.1, 0.15) is 0 Å². The van der Waals surface area contributed by atoms with Crippen molar-refractivity contribution in [2.75, 3.05) is 7.11 Å². The minimum absolute atomic E-state index is 0.0267. The summed E-state index contributed by atoms with van der Waals surface area (Å²) < 4.78 is 21.0. The zero-order chi connectivity index (χ0) is 23.9. The number of carbonyl (C=O) groups excluding carboxylic acids is 1. The molecule has 0 radical (unpaired) electrons. The van der Waals surface area contributed by atoms with Gasteiger partial charge in [0.15, 0.2) is 11.5 Å². The molecule has 1 fully saturated rings. The number of ether oxygens (including phenoxy) is 3. The van der Waals surface area contributed by atoms with Gasteiger partial charge in [-0.15, -0.1) is 0 Å². The van der Waals surface area contributed by atoms with E-state index in [9.17, 15) is 35.1 Å². The van der Waals surface area contributed by atoms with Gasteiger partial charge in [-0.3, -0.25) is 4.79 Å². The van der Waals surface area contributed by atoms with E-state index < -0.39 is 47.9 Å². The molecule has 0 aliphatic carbocycles. The van der Waals surface area contributed by atoms with E-state index in [-0.39, 0.29) is 28.2 Å². The Morgan fingerprint density at radius 3 is 2.33 bits per heavy atom. The summed E-state index contributed by atoms with van der Waals surface area (Å²) in [7, 11) is 1.06. The van der Waals surface area contributed by atoms with E-state index in [2.05, 4.69) is 4.74 Å². The Morgan fingerprint density at radius 2 is 1.67 bits per heavy atom. The van der Waals surface area contributed by atoms with Crippen LogP contribution in [-0.2, 0) is 14.3 Å². The Labute approximate surface area is 185 Å². The van der Waals surface area contributed by atoms with Crippen molar-refractivity contribution in [3.8, 4) is 28.6 Å². The monoisotopic (exact) mass is 460 g/mol. The lowest BCUT2D eigenvalue weighted by molar-refractivity contribution is -0.271. The van der Waals surface area contributed by atoms with Gasteiger partial charge in [-0.25, -0.2) is 4.79 Å². The first-order valence-corrected chi connectivity index (χ1v) is 9.74. The van der Waals surface area contributed by atoms with Gasteiger partial charge >= 0.3 is 5.97 Å². The van der Waals surface area contributed by atoms with Gasteiger partial charge in [0.05, 0.1) is 7.11 Å². The number of hydrogen-bond acceptors (Lipinski definition) is 11. The number of esters is 1. The molecule has 0 saturated carbocycles. The average Bonchev–Trinajstić information content (AvgIpc) is 2.78. The molecule has 0 unspecified atom stereocenters. The summed E-state index contributed by atoms with van der Waals surface area (Å²) in [6.07, 6.45) is -8.57. The van der Waals surface area contributed by atoms with E-state index in [1.165, 1.54) is 36.4 Å². The van der Waals surface area contributed by atoms with E-state index in [1.807, 2.05) is 0 Å². The van der Waals surface area contributed by atoms with Crippen LogP contribution >= 0.6 is 0 Å². The fraction of sp³-hybridized carbons (Fsp3) is 0.273. The van der Waals surface area contributed by atoms with Crippen LogP contribution in [0.3, 0.4) is 0 Å². The predicted octanol–water partition coefficient (Wildman–Crippen LogP) is 0.231. The predicted molar refractivity (Wildman–Crippen MR) is 111 cm³/mol. The fourth-order valence-corrected chi connectivity index (χ4v) is 3.47. The van der Waals surface area contributed by atoms with Crippen molar-refractivity contribution in [1.82, 2.24) is 0 Å². The molecule has 1 aromatic heterocycles. The summed E-state index contributed by atoms with van der Waals surface area (Å²) in [5.41, 5.74) is -0.112. The van der Waals surface area contributed by atoms with Crippen LogP contribution in [0.15, 0.2) is 51.7 Å². The Bertz CT molecular complexity index is 1230. The summed E-state index contributed by atoms with van der Waals surface area (Å²) in [6, 6.07) is 9.39. The lowest BCUT2D eigenvalue weighted by Gasteiger charge is -2.38. The highest BCUT2D eigenvalue weighted by molar-refractivity contribution is 5.86. The average molecular weight is 460 g/mol. The summed E-state index contributed by atoms with van der Waals surface area (Å²) >= 11 is 0. The summed E-state index contributed by atoms with van der Waals surface area (Å²) in [5.74, 6) is -1.42. The minimum Gasteiger partial charge on any atom is -0.508 e. The Hall–Kier alpha value is -3.64. The topological polar surface area (TPSA) is 176 Å². The van der Waals surface area contributed by atoms with Crippen LogP contribution in [0.2, 0.25) is 0 Å². The van der Waals surface area contributed by atoms with Crippen LogP contribution in [0.4, 0.5) is 0 Å². The highest BCUT2D eigenvalue weighted by Crippen LogP contribution is 2.33. The molecule has 2 aromatic carbocycles. The second-order valence-electron chi connectivity index (χ2n) is 7.38. The number of rotatable bonds is 4. The molecular weight excluding hydrogens is 440 g/mol. The number of phenolic OH excluding ortho intramolecular Hbond substituents is 2. The SMILES string of the molecule is COC(=O)[C@@H]1O[C@H](Oc2cc(O)c3c(=O)cc(-c4ccc(O)cc4)oc3c2)[C@@H](O)[C@H](O)[C@H]1O. The van der Waals surface area contributed by atoms with Crippen molar-refractivity contribution in [3.63, 3.8) is 0 Å². The minimum atomic E-state index is -1.79. The van der Waals surface area contributed by atoms with Crippen LogP contribution in [-0.4, -0.2) is 69.3 Å². The molecule has 11 heteroatoms. The molecular formula is C22H20O11. The largest absolute Gasteiger partial charge is 0.508 e. The molecule has 33 heavy (non-hydrogen) atoms. The Morgan fingerprint density at radius 1 is 0.970 bits per heavy atom. The Balaban J connectivity index is 1.70. The second-order valence-corrected chi connectivity index (χ2v) is 7.38. The van der Waals surface area contributed by atoms with Crippen molar-refractivity contribution >= 4 is 16.9 Å². The number of aromatic hydroxyl groups is 2. The third-order valence-corrected chi connectivity index (χ3v) is 5.19. The molecule has 0 amide bonds. The molecule has 1 aliphatic heterocycles. The standard InChI is InChI=1S/C22H20O11/c1-30-21(29)20-18(27)17(26)19(28)22(33-20)31-11-6-12(24)16-13(25)8-14(32-15(16)7-11)9-2-4-10(23)5-3-9/h2-8,17-20,22-24,26-28H,1H3/t17-,18-,19+,20-,22+/m1/s1. The van der Waals surface area contributed by atoms with Gasteiger partial charge in [-0.2, -0.15) is 0 Å². The van der Waals surface area contributed by atoms with Gasteiger partial charge in [0.1, 0.15) is 52.3 Å². The normalized spacial score (nSPS) is 25.0. The number of methoxy groups -OCH3 is 1. The fourth-order valence-electron chi connectivity index (χ4n) is 3.47. The molecule has 174 valence electrons. The molecule has 3 aromatic rings. The maximum atomic E-state index is 12.6. The summed E-state index contributed by atoms with van der Waals surface area (Å²) in [5, 5.41) is 49.9. The number of phenols is 2. The van der Waals surface area contributed by atoms with E-state index >= 15 is 0 Å². The molecule has 11 nitrogen and oxygen atoms in total. The molecule has 0 spiro atoms. The molecule has 1 aliphatic rings. The molecule has 4 rings (SSSR count). The number of hydrogen-bond donors (Lipinski definition) is 5. The first kappa shape index (κ1) is 22.6. The summed E-state index contributed by atoms with van der Waals surface area (Å²) in [6.45, 7) is 0. The summed E-state index contributed by atoms with van der Waals surface area (Å²) in [4.78, 5) is 24.4. The molecule has 0 bridgehead atoms. The van der Waals surface area contributed by atoms with Crippen molar-refractivity contribution in [3.05, 3.63) is 52.7 Å². The second kappa shape index (κ2) is 8.71. The van der Waals surface area contributed by atoms with Gasteiger partial charge < -0.3 is 44.2 Å². The number of aliphatic hydroxyl groups is 3. The zero-order valence-electron chi connectivity index (χ0n) is 17.1. The maximum absolute atomic E-state index is 12.6. The van der Waals surface area contributed by atoms with E-state index in [0.717, 1.165) is 13.2 Å². The number of fused-ring (bicyclic) bond motifs is 1. The first-order valence-electron chi connectivity index (χ1n) is 9.74. The van der Waals surface area contributed by atoms with Gasteiger partial charge in [-0.05, 0) is 24.3 Å². The first-order chi connectivity index (χ1) is 15.7. The lowest BCUT2D eigenvalue weighted by Crippen LogP contribution is -2.61. The van der Waals surface area contributed by atoms with Crippen LogP contribution in [0.25, 0.3) is 22.3 Å². The molecule has 5 atom stereocenters. The smallest absolute Gasteiger partial charge is 0.337 e. The third-order valence-electron chi connectivity index (χ3n) is 5.19. The van der Waals surface area contributed by atoms with Crippen LogP contribution in [0, 0.1) is 0 Å². The van der Waals surface area contributed by atoms with Gasteiger partial charge in [-0.1, -0.05) is 0 Å². The number of aliphatic hydroxyl groups excluding tert-OH is 3. The van der Waals surface area contributed by atoms with Crippen molar-refractivity contribution in [1.29, 1.82) is 0 Å². The highest BCUT2D eigenvalue weighted by Gasteiger charge is 2.48. The lowest BCUT2D eigenvalue weighted by atomic mass is 9.99. The van der Waals surface area contributed by atoms with Crippen LogP contribution in [0.5, 0.6) is 17.2 Å². The van der Waals surface area contributed by atoms with E-state index in [1.54, 1.807) is 0 Å². The number of benzene rings is 2. The third kappa shape index (κ3) is 4.22. The van der Waals surface area contributed by atoms with Gasteiger partial charge in [0, 0.05) is 23.8 Å². The van der Waals surface area contributed by atoms with Crippen molar-refractivity contribution in [2.45, 2.75) is 30.7 Å².